The Bertz CT molecular complexity index is 403. The molecule has 1 aromatic rings. The molecule has 86 valence electrons. The van der Waals surface area contributed by atoms with E-state index in [1.54, 1.807) is 0 Å². The second-order valence-electron chi connectivity index (χ2n) is 5.58. The summed E-state index contributed by atoms with van der Waals surface area (Å²) in [6.07, 6.45) is 6.22. The molecule has 2 aliphatic carbocycles. The molecule has 2 saturated carbocycles. The normalized spacial score (nSPS) is 36.9. The molecule has 3 rings (SSSR count). The van der Waals surface area contributed by atoms with Crippen LogP contribution in [0.25, 0.3) is 0 Å². The number of halogens is 1. The van der Waals surface area contributed by atoms with Crippen LogP contribution in [0.3, 0.4) is 0 Å². The Hall–Kier alpha value is -0.530. The van der Waals surface area contributed by atoms with E-state index in [1.165, 1.54) is 31.2 Å². The molecule has 2 heteroatoms. The van der Waals surface area contributed by atoms with Gasteiger partial charge in [-0.25, -0.2) is 0 Å². The van der Waals surface area contributed by atoms with Crippen LogP contribution < -0.4 is 5.73 Å². The Labute approximate surface area is 102 Å². The first-order valence-electron chi connectivity index (χ1n) is 6.20. The second-order valence-corrected chi connectivity index (χ2v) is 5.99. The summed E-state index contributed by atoms with van der Waals surface area (Å²) in [5.41, 5.74) is 7.83. The summed E-state index contributed by atoms with van der Waals surface area (Å²) in [4.78, 5) is 0. The van der Waals surface area contributed by atoms with Crippen LogP contribution in [0.4, 0.5) is 0 Å². The predicted molar refractivity (Wildman–Crippen MR) is 67.5 cm³/mol. The van der Waals surface area contributed by atoms with Gasteiger partial charge in [0.2, 0.25) is 0 Å². The molecular formula is C14H18ClN. The first-order valence-corrected chi connectivity index (χ1v) is 6.57. The van der Waals surface area contributed by atoms with Gasteiger partial charge in [0.1, 0.15) is 0 Å². The standard InChI is InChI=1S/C14H18ClN/c15-13-4-2-1-3-11(13)9-14(16)8-10-5-6-12(14)7-10/h1-4,10,12H,5-9,16H2. The van der Waals surface area contributed by atoms with Crippen molar-refractivity contribution in [3.63, 3.8) is 0 Å². The van der Waals surface area contributed by atoms with Crippen LogP contribution in [0.15, 0.2) is 24.3 Å². The fourth-order valence-corrected chi connectivity index (χ4v) is 3.90. The van der Waals surface area contributed by atoms with E-state index in [0.29, 0.717) is 0 Å². The van der Waals surface area contributed by atoms with Gasteiger partial charge in [-0.3, -0.25) is 0 Å². The van der Waals surface area contributed by atoms with E-state index in [9.17, 15) is 0 Å². The molecule has 0 radical (unpaired) electrons. The lowest BCUT2D eigenvalue weighted by Crippen LogP contribution is -2.46. The van der Waals surface area contributed by atoms with Crippen molar-refractivity contribution in [2.75, 3.05) is 0 Å². The lowest BCUT2D eigenvalue weighted by atomic mass is 9.77. The summed E-state index contributed by atoms with van der Waals surface area (Å²) in [7, 11) is 0. The van der Waals surface area contributed by atoms with Crippen LogP contribution in [0.2, 0.25) is 5.02 Å². The minimum Gasteiger partial charge on any atom is -0.325 e. The summed E-state index contributed by atoms with van der Waals surface area (Å²) in [5, 5.41) is 0.870. The van der Waals surface area contributed by atoms with Crippen molar-refractivity contribution >= 4 is 11.6 Å². The topological polar surface area (TPSA) is 26.0 Å². The zero-order valence-corrected chi connectivity index (χ0v) is 10.2. The van der Waals surface area contributed by atoms with E-state index in [4.69, 9.17) is 17.3 Å². The molecule has 16 heavy (non-hydrogen) atoms. The van der Waals surface area contributed by atoms with E-state index in [1.807, 2.05) is 12.1 Å². The maximum absolute atomic E-state index is 6.59. The number of fused-ring (bicyclic) bond motifs is 2. The van der Waals surface area contributed by atoms with Crippen molar-refractivity contribution in [1.29, 1.82) is 0 Å². The molecule has 1 nitrogen and oxygen atoms in total. The first kappa shape index (κ1) is 10.6. The van der Waals surface area contributed by atoms with Gasteiger partial charge in [-0.15, -0.1) is 0 Å². The maximum Gasteiger partial charge on any atom is 0.0438 e. The van der Waals surface area contributed by atoms with Crippen LogP contribution in [0.5, 0.6) is 0 Å². The van der Waals surface area contributed by atoms with Gasteiger partial charge in [-0.05, 0) is 49.1 Å². The smallest absolute Gasteiger partial charge is 0.0438 e. The number of hydrogen-bond donors (Lipinski definition) is 1. The quantitative estimate of drug-likeness (QED) is 0.836. The van der Waals surface area contributed by atoms with Gasteiger partial charge in [0.25, 0.3) is 0 Å². The van der Waals surface area contributed by atoms with E-state index in [0.717, 1.165) is 23.3 Å². The molecule has 3 unspecified atom stereocenters. The third kappa shape index (κ3) is 1.66. The molecule has 2 fully saturated rings. The predicted octanol–water partition coefficient (Wildman–Crippen LogP) is 3.40. The van der Waals surface area contributed by atoms with Gasteiger partial charge in [-0.1, -0.05) is 36.2 Å². The monoisotopic (exact) mass is 235 g/mol. The summed E-state index contributed by atoms with van der Waals surface area (Å²) in [5.74, 6) is 1.62. The zero-order chi connectivity index (χ0) is 11.2. The largest absolute Gasteiger partial charge is 0.325 e. The van der Waals surface area contributed by atoms with Gasteiger partial charge >= 0.3 is 0 Å². The first-order chi connectivity index (χ1) is 7.67. The minimum absolute atomic E-state index is 0.0217. The molecule has 3 atom stereocenters. The molecule has 0 heterocycles. The molecule has 0 aromatic heterocycles. The van der Waals surface area contributed by atoms with Crippen molar-refractivity contribution in [2.24, 2.45) is 17.6 Å². The van der Waals surface area contributed by atoms with Gasteiger partial charge < -0.3 is 5.73 Å². The van der Waals surface area contributed by atoms with Crippen molar-refractivity contribution in [3.8, 4) is 0 Å². The van der Waals surface area contributed by atoms with Crippen LogP contribution >= 0.6 is 11.6 Å². The fraction of sp³-hybridized carbons (Fsp3) is 0.571. The summed E-state index contributed by atoms with van der Waals surface area (Å²) >= 11 is 6.21. The molecule has 0 spiro atoms. The van der Waals surface area contributed by atoms with E-state index >= 15 is 0 Å². The average molecular weight is 236 g/mol. The number of nitrogens with two attached hydrogens (primary N) is 1. The van der Waals surface area contributed by atoms with E-state index < -0.39 is 0 Å². The Morgan fingerprint density at radius 2 is 2.12 bits per heavy atom. The van der Waals surface area contributed by atoms with Crippen LogP contribution in [0, 0.1) is 11.8 Å². The summed E-state index contributed by atoms with van der Waals surface area (Å²) in [6, 6.07) is 8.12. The summed E-state index contributed by atoms with van der Waals surface area (Å²) < 4.78 is 0. The van der Waals surface area contributed by atoms with Gasteiger partial charge in [0.15, 0.2) is 0 Å². The molecule has 0 saturated heterocycles. The van der Waals surface area contributed by atoms with Crippen molar-refractivity contribution in [3.05, 3.63) is 34.9 Å². The van der Waals surface area contributed by atoms with Crippen molar-refractivity contribution in [1.82, 2.24) is 0 Å². The Balaban J connectivity index is 1.82. The highest BCUT2D eigenvalue weighted by atomic mass is 35.5. The average Bonchev–Trinajstić information content (AvgIpc) is 2.81. The Morgan fingerprint density at radius 3 is 2.75 bits per heavy atom. The molecule has 0 amide bonds. The molecular weight excluding hydrogens is 218 g/mol. The maximum atomic E-state index is 6.59. The fourth-order valence-electron chi connectivity index (χ4n) is 3.70. The Kier molecular flexibility index (Phi) is 2.49. The molecule has 1 aromatic carbocycles. The molecule has 2 N–H and O–H groups in total. The van der Waals surface area contributed by atoms with Gasteiger partial charge in [-0.2, -0.15) is 0 Å². The number of hydrogen-bond acceptors (Lipinski definition) is 1. The summed E-state index contributed by atoms with van der Waals surface area (Å²) in [6.45, 7) is 0. The lowest BCUT2D eigenvalue weighted by molar-refractivity contribution is 0.269. The highest BCUT2D eigenvalue weighted by molar-refractivity contribution is 6.31. The highest BCUT2D eigenvalue weighted by Crippen LogP contribution is 2.50. The number of benzene rings is 1. The van der Waals surface area contributed by atoms with Crippen LogP contribution in [-0.2, 0) is 6.42 Å². The van der Waals surface area contributed by atoms with Crippen molar-refractivity contribution in [2.45, 2.75) is 37.6 Å². The van der Waals surface area contributed by atoms with Crippen LogP contribution in [0.1, 0.15) is 31.2 Å². The van der Waals surface area contributed by atoms with E-state index in [-0.39, 0.29) is 5.54 Å². The highest BCUT2D eigenvalue weighted by Gasteiger charge is 2.48. The Morgan fingerprint density at radius 1 is 1.31 bits per heavy atom. The second kappa shape index (κ2) is 3.75. The van der Waals surface area contributed by atoms with E-state index in [2.05, 4.69) is 12.1 Å². The minimum atomic E-state index is 0.0217. The van der Waals surface area contributed by atoms with Crippen LogP contribution in [-0.4, -0.2) is 5.54 Å². The molecule has 2 bridgehead atoms. The molecule has 2 aliphatic rings. The third-order valence-corrected chi connectivity index (χ3v) is 4.87. The van der Waals surface area contributed by atoms with Gasteiger partial charge in [0, 0.05) is 10.6 Å². The third-order valence-electron chi connectivity index (χ3n) is 4.50. The molecule has 0 aliphatic heterocycles. The van der Waals surface area contributed by atoms with Gasteiger partial charge in [0.05, 0.1) is 0 Å². The number of rotatable bonds is 2. The zero-order valence-electron chi connectivity index (χ0n) is 9.45. The lowest BCUT2D eigenvalue weighted by Gasteiger charge is -2.34. The van der Waals surface area contributed by atoms with Crippen molar-refractivity contribution < 1.29 is 0 Å². The SMILES string of the molecule is NC1(Cc2ccccc2Cl)CC2CCC1C2.